The van der Waals surface area contributed by atoms with Gasteiger partial charge >= 0.3 is 12.6 Å². The topological polar surface area (TPSA) is 78.6 Å². The molecule has 0 spiro atoms. The second kappa shape index (κ2) is 8.43. The van der Waals surface area contributed by atoms with E-state index in [9.17, 15) is 18.4 Å². The van der Waals surface area contributed by atoms with E-state index in [1.807, 2.05) is 6.07 Å². The molecule has 0 aliphatic heterocycles. The molecule has 8 heteroatoms. The molecular weight excluding hydrogens is 372 g/mol. The van der Waals surface area contributed by atoms with E-state index in [2.05, 4.69) is 9.72 Å². The molecule has 1 heterocycles. The summed E-state index contributed by atoms with van der Waals surface area (Å²) < 4.78 is 39.0. The maximum atomic E-state index is 12.3. The number of esters is 1. The first-order valence-electron chi connectivity index (χ1n) is 8.26. The predicted molar refractivity (Wildman–Crippen MR) is 96.0 cm³/mol. The van der Waals surface area contributed by atoms with Gasteiger partial charge in [-0.05, 0) is 43.3 Å². The van der Waals surface area contributed by atoms with Gasteiger partial charge in [0, 0.05) is 17.7 Å². The fourth-order valence-corrected chi connectivity index (χ4v) is 2.40. The number of benzene rings is 2. The van der Waals surface area contributed by atoms with Gasteiger partial charge < -0.3 is 13.9 Å². The molecule has 144 valence electrons. The average Bonchev–Trinajstić information content (AvgIpc) is 3.09. The fraction of sp³-hybridized carbons (Fsp3) is 0.150. The first kappa shape index (κ1) is 19.2. The van der Waals surface area contributed by atoms with Gasteiger partial charge in [-0.3, -0.25) is 4.79 Å². The lowest BCUT2D eigenvalue weighted by molar-refractivity contribution is -0.140. The molecule has 0 unspecified atom stereocenters. The van der Waals surface area contributed by atoms with Crippen molar-refractivity contribution in [1.29, 1.82) is 0 Å². The Bertz CT molecular complexity index is 978. The highest BCUT2D eigenvalue weighted by molar-refractivity contribution is 6.01. The number of oxazole rings is 1. The molecular formula is C20H15F2NO5. The van der Waals surface area contributed by atoms with Crippen LogP contribution < -0.4 is 4.74 Å². The van der Waals surface area contributed by atoms with E-state index >= 15 is 0 Å². The number of Topliss-reactive ketones (excluding diaryl/α,β-unsaturated/α-hetero) is 1. The number of fused-ring (bicyclic) bond motifs is 1. The Morgan fingerprint density at radius 1 is 1.11 bits per heavy atom. The zero-order chi connectivity index (χ0) is 20.1. The molecule has 0 amide bonds. The number of carbonyl (C=O) groups is 2. The van der Waals surface area contributed by atoms with Crippen molar-refractivity contribution < 1.29 is 32.3 Å². The molecule has 0 N–H and O–H groups in total. The normalized spacial score (nSPS) is 12.4. The van der Waals surface area contributed by atoms with Crippen molar-refractivity contribution in [2.45, 2.75) is 19.6 Å². The average molecular weight is 387 g/mol. The van der Waals surface area contributed by atoms with E-state index in [-0.39, 0.29) is 17.2 Å². The minimum atomic E-state index is -2.95. The number of para-hydroxylation sites is 2. The Labute approximate surface area is 158 Å². The lowest BCUT2D eigenvalue weighted by Gasteiger charge is -2.11. The van der Waals surface area contributed by atoms with Gasteiger partial charge in [0.05, 0.1) is 0 Å². The van der Waals surface area contributed by atoms with Gasteiger partial charge in [-0.2, -0.15) is 8.78 Å². The van der Waals surface area contributed by atoms with Gasteiger partial charge in [-0.15, -0.1) is 0 Å². The number of rotatable bonds is 7. The molecule has 3 aromatic rings. The lowest BCUT2D eigenvalue weighted by atomic mass is 10.1. The minimum absolute atomic E-state index is 0.0718. The van der Waals surface area contributed by atoms with E-state index in [0.29, 0.717) is 11.1 Å². The van der Waals surface area contributed by atoms with Crippen LogP contribution in [0.25, 0.3) is 17.2 Å². The van der Waals surface area contributed by atoms with E-state index in [4.69, 9.17) is 9.15 Å². The summed E-state index contributed by atoms with van der Waals surface area (Å²) in [5.74, 6) is -1.07. The number of aromatic nitrogens is 1. The van der Waals surface area contributed by atoms with Crippen LogP contribution in [0, 0.1) is 0 Å². The van der Waals surface area contributed by atoms with E-state index in [1.54, 1.807) is 18.2 Å². The quantitative estimate of drug-likeness (QED) is 0.342. The van der Waals surface area contributed by atoms with Crippen LogP contribution in [0.2, 0.25) is 0 Å². The molecule has 1 atom stereocenters. The maximum Gasteiger partial charge on any atom is 0.387 e. The zero-order valence-corrected chi connectivity index (χ0v) is 14.7. The zero-order valence-electron chi connectivity index (χ0n) is 14.7. The minimum Gasteiger partial charge on any atom is -0.451 e. The number of carbonyl (C=O) groups excluding carboxylic acids is 2. The Morgan fingerprint density at radius 3 is 2.50 bits per heavy atom. The van der Waals surface area contributed by atoms with E-state index in [0.717, 1.165) is 6.08 Å². The standard InChI is InChI=1S/C20H15F2NO5/c1-12(19(25)13-6-8-14(9-7-13)27-20(21)22)26-18(24)11-10-17-23-15-4-2-3-5-16(15)28-17/h2-12,20H,1H3/b11-10+/t12-/m1/s1. The molecule has 0 aliphatic carbocycles. The summed E-state index contributed by atoms with van der Waals surface area (Å²) >= 11 is 0. The summed E-state index contributed by atoms with van der Waals surface area (Å²) in [6.07, 6.45) is 1.38. The monoisotopic (exact) mass is 387 g/mol. The molecule has 0 saturated heterocycles. The van der Waals surface area contributed by atoms with Crippen LogP contribution >= 0.6 is 0 Å². The van der Waals surface area contributed by atoms with E-state index < -0.39 is 24.5 Å². The second-order valence-electron chi connectivity index (χ2n) is 5.70. The molecule has 3 rings (SSSR count). The highest BCUT2D eigenvalue weighted by atomic mass is 19.3. The first-order chi connectivity index (χ1) is 13.4. The van der Waals surface area contributed by atoms with Crippen molar-refractivity contribution >= 4 is 28.9 Å². The van der Waals surface area contributed by atoms with Crippen LogP contribution in [-0.4, -0.2) is 29.5 Å². The third-order valence-corrected chi connectivity index (χ3v) is 3.70. The molecule has 2 aromatic carbocycles. The maximum absolute atomic E-state index is 12.3. The summed E-state index contributed by atoms with van der Waals surface area (Å²) in [6.45, 7) is -1.54. The molecule has 0 bridgehead atoms. The van der Waals surface area contributed by atoms with E-state index in [1.165, 1.54) is 37.3 Å². The fourth-order valence-electron chi connectivity index (χ4n) is 2.40. The van der Waals surface area contributed by atoms with Crippen molar-refractivity contribution in [2.24, 2.45) is 0 Å². The molecule has 28 heavy (non-hydrogen) atoms. The molecule has 0 saturated carbocycles. The van der Waals surface area contributed by atoms with Crippen molar-refractivity contribution in [3.05, 3.63) is 66.1 Å². The van der Waals surface area contributed by atoms with Gasteiger partial charge in [-0.25, -0.2) is 9.78 Å². The summed E-state index contributed by atoms with van der Waals surface area (Å²) in [5, 5.41) is 0. The third-order valence-electron chi connectivity index (χ3n) is 3.70. The van der Waals surface area contributed by atoms with Crippen molar-refractivity contribution in [3.8, 4) is 5.75 Å². The van der Waals surface area contributed by atoms with Gasteiger partial charge in [-0.1, -0.05) is 12.1 Å². The van der Waals surface area contributed by atoms with Gasteiger partial charge in [0.15, 0.2) is 11.7 Å². The highest BCUT2D eigenvalue weighted by Crippen LogP contribution is 2.17. The summed E-state index contributed by atoms with van der Waals surface area (Å²) in [4.78, 5) is 28.4. The number of ether oxygens (including phenoxy) is 2. The Kier molecular flexibility index (Phi) is 5.78. The van der Waals surface area contributed by atoms with Crippen molar-refractivity contribution in [1.82, 2.24) is 4.98 Å². The van der Waals surface area contributed by atoms with Crippen LogP contribution in [-0.2, 0) is 9.53 Å². The smallest absolute Gasteiger partial charge is 0.387 e. The number of halogens is 2. The number of nitrogens with zero attached hydrogens (tertiary/aromatic N) is 1. The number of hydrogen-bond donors (Lipinski definition) is 0. The molecule has 0 aliphatic rings. The summed E-state index contributed by atoms with van der Waals surface area (Å²) in [7, 11) is 0. The summed E-state index contributed by atoms with van der Waals surface area (Å²) in [6, 6.07) is 12.2. The molecule has 0 fully saturated rings. The molecule has 6 nitrogen and oxygen atoms in total. The van der Waals surface area contributed by atoms with Crippen LogP contribution in [0.5, 0.6) is 5.75 Å². The van der Waals surface area contributed by atoms with Crippen molar-refractivity contribution in [2.75, 3.05) is 0 Å². The predicted octanol–water partition coefficient (Wildman–Crippen LogP) is 4.26. The number of hydrogen-bond acceptors (Lipinski definition) is 6. The van der Waals surface area contributed by atoms with Gasteiger partial charge in [0.1, 0.15) is 11.3 Å². The first-order valence-corrected chi connectivity index (χ1v) is 8.26. The van der Waals surface area contributed by atoms with Gasteiger partial charge in [0.25, 0.3) is 0 Å². The van der Waals surface area contributed by atoms with Crippen LogP contribution in [0.1, 0.15) is 23.2 Å². The Balaban J connectivity index is 1.59. The third kappa shape index (κ3) is 4.79. The SMILES string of the molecule is C[C@@H](OC(=O)/C=C/c1nc2ccccc2o1)C(=O)c1ccc(OC(F)F)cc1. The Hall–Kier alpha value is -3.55. The van der Waals surface area contributed by atoms with Crippen LogP contribution in [0.4, 0.5) is 8.78 Å². The largest absolute Gasteiger partial charge is 0.451 e. The number of alkyl halides is 2. The van der Waals surface area contributed by atoms with Crippen molar-refractivity contribution in [3.63, 3.8) is 0 Å². The lowest BCUT2D eigenvalue weighted by Crippen LogP contribution is -2.23. The Morgan fingerprint density at radius 2 is 1.82 bits per heavy atom. The van der Waals surface area contributed by atoms with Crippen LogP contribution in [0.3, 0.4) is 0 Å². The molecule has 0 radical (unpaired) electrons. The number of ketones is 1. The second-order valence-corrected chi connectivity index (χ2v) is 5.70. The van der Waals surface area contributed by atoms with Gasteiger partial charge in [0.2, 0.25) is 11.7 Å². The summed E-state index contributed by atoms with van der Waals surface area (Å²) in [5.41, 5.74) is 1.43. The molecule has 1 aromatic heterocycles. The highest BCUT2D eigenvalue weighted by Gasteiger charge is 2.19. The van der Waals surface area contributed by atoms with Crippen LogP contribution in [0.15, 0.2) is 59.0 Å².